The lowest BCUT2D eigenvalue weighted by atomic mass is 9.96. The molecule has 0 aliphatic carbocycles. The lowest BCUT2D eigenvalue weighted by Gasteiger charge is -2.27. The number of rotatable bonds is 6. The molecule has 2 fully saturated rings. The zero-order chi connectivity index (χ0) is 27.7. The van der Waals surface area contributed by atoms with Gasteiger partial charge in [0.15, 0.2) is 11.2 Å². The Kier molecular flexibility index (Phi) is 8.01. The van der Waals surface area contributed by atoms with Crippen molar-refractivity contribution in [1.82, 2.24) is 29.9 Å². The lowest BCUT2D eigenvalue weighted by Crippen LogP contribution is -2.39. The van der Waals surface area contributed by atoms with Crippen LogP contribution in [-0.2, 0) is 17.9 Å². The molecule has 2 aliphatic heterocycles. The third-order valence-electron chi connectivity index (χ3n) is 7.30. The number of halogens is 4. The van der Waals surface area contributed by atoms with Crippen LogP contribution in [0.5, 0.6) is 0 Å². The molecule has 0 saturated carbocycles. The number of amides is 1. The van der Waals surface area contributed by atoms with E-state index in [1.807, 2.05) is 19.0 Å². The molecule has 13 heteroatoms. The molecule has 3 aromatic rings. The number of hydrogen-bond acceptors (Lipinski definition) is 7. The van der Waals surface area contributed by atoms with Gasteiger partial charge in [0, 0.05) is 30.8 Å². The molecule has 2 saturated heterocycles. The Morgan fingerprint density at radius 2 is 1.92 bits per heavy atom. The summed E-state index contributed by atoms with van der Waals surface area (Å²) in [4.78, 5) is 21.2. The first-order valence-electron chi connectivity index (χ1n) is 13.0. The normalized spacial score (nSPS) is 21.2. The zero-order valence-corrected chi connectivity index (χ0v) is 22.7. The van der Waals surface area contributed by atoms with Crippen molar-refractivity contribution in [2.24, 2.45) is 10.9 Å². The number of benzene rings is 1. The second kappa shape index (κ2) is 11.3. The van der Waals surface area contributed by atoms with Gasteiger partial charge in [-0.3, -0.25) is 9.79 Å². The number of piperidine rings is 2. The van der Waals surface area contributed by atoms with Crippen molar-refractivity contribution in [3.8, 4) is 10.7 Å². The first kappa shape index (κ1) is 27.7. The summed E-state index contributed by atoms with van der Waals surface area (Å²) in [5.74, 6) is -0.105. The molecule has 2 aliphatic rings. The summed E-state index contributed by atoms with van der Waals surface area (Å²) < 4.78 is 56.7. The van der Waals surface area contributed by atoms with Gasteiger partial charge in [-0.05, 0) is 58.2 Å². The summed E-state index contributed by atoms with van der Waals surface area (Å²) in [6.45, 7) is 1.56. The highest BCUT2D eigenvalue weighted by atomic mass is 32.1. The number of carbonyl (C=O) groups is 1. The van der Waals surface area contributed by atoms with Crippen molar-refractivity contribution in [3.05, 3.63) is 29.3 Å². The van der Waals surface area contributed by atoms with Gasteiger partial charge in [-0.25, -0.2) is 4.39 Å². The second-order valence-electron chi connectivity index (χ2n) is 10.3. The van der Waals surface area contributed by atoms with E-state index in [4.69, 9.17) is 0 Å². The number of nitrogens with zero attached hydrogens (tertiary/aromatic N) is 6. The monoisotopic (exact) mass is 565 g/mol. The molecule has 1 aromatic carbocycles. The molecule has 4 heterocycles. The van der Waals surface area contributed by atoms with Crippen LogP contribution >= 0.6 is 11.3 Å². The standard InChI is InChI=1S/C26H31F4N7OS/c1-35-9-6-16(7-10-35)24(38)31-13-23-33-34-25(39-23)22-12-17-19(32-20-8-11-36(2)14-18(20)27)4-3-5-21(17)37(22)15-26(28,29)30/h3-5,12,16,18H,6-11,13-15H2,1-2H3,(H,31,38)/t18-/m0/s1. The average Bonchev–Trinajstić information content (AvgIpc) is 3.49. The van der Waals surface area contributed by atoms with E-state index < -0.39 is 18.9 Å². The molecule has 0 radical (unpaired) electrons. The van der Waals surface area contributed by atoms with Crippen LogP contribution in [0.1, 0.15) is 24.3 Å². The van der Waals surface area contributed by atoms with Crippen LogP contribution in [0, 0.1) is 5.92 Å². The van der Waals surface area contributed by atoms with E-state index in [0.717, 1.165) is 41.8 Å². The fourth-order valence-electron chi connectivity index (χ4n) is 5.11. The number of carbonyl (C=O) groups excluding carboxylic acids is 1. The van der Waals surface area contributed by atoms with Crippen molar-refractivity contribution < 1.29 is 22.4 Å². The molecule has 1 atom stereocenters. The van der Waals surface area contributed by atoms with Crippen LogP contribution in [0.3, 0.4) is 0 Å². The Bertz CT molecular complexity index is 1360. The minimum atomic E-state index is -4.48. The molecule has 0 spiro atoms. The average molecular weight is 566 g/mol. The summed E-state index contributed by atoms with van der Waals surface area (Å²) in [6.07, 6.45) is -3.68. The maximum Gasteiger partial charge on any atom is 0.406 e. The molecule has 0 bridgehead atoms. The molecule has 8 nitrogen and oxygen atoms in total. The molecule has 1 amide bonds. The van der Waals surface area contributed by atoms with Gasteiger partial charge in [0.2, 0.25) is 5.91 Å². The highest BCUT2D eigenvalue weighted by Gasteiger charge is 2.31. The smallest absolute Gasteiger partial charge is 0.349 e. The van der Waals surface area contributed by atoms with Gasteiger partial charge in [-0.1, -0.05) is 17.4 Å². The number of likely N-dealkylation sites (tertiary alicyclic amines) is 2. The summed E-state index contributed by atoms with van der Waals surface area (Å²) >= 11 is 1.14. The Hall–Kier alpha value is -2.90. The van der Waals surface area contributed by atoms with Crippen molar-refractivity contribution >= 4 is 39.5 Å². The quantitative estimate of drug-likeness (QED) is 0.448. The van der Waals surface area contributed by atoms with E-state index in [0.29, 0.717) is 45.3 Å². The van der Waals surface area contributed by atoms with E-state index in [9.17, 15) is 22.4 Å². The molecule has 210 valence electrons. The molecule has 0 unspecified atom stereocenters. The highest BCUT2D eigenvalue weighted by molar-refractivity contribution is 7.14. The van der Waals surface area contributed by atoms with Gasteiger partial charge < -0.3 is 19.7 Å². The molecule has 5 rings (SSSR count). The number of fused-ring (bicyclic) bond motifs is 1. The van der Waals surface area contributed by atoms with Gasteiger partial charge in [-0.15, -0.1) is 10.2 Å². The predicted molar refractivity (Wildman–Crippen MR) is 143 cm³/mol. The molecule has 39 heavy (non-hydrogen) atoms. The SMILES string of the molecule is CN1CCC(C(=O)NCc2nnc(-c3cc4c(N=C5CCN(C)C[C@@H]5F)cccc4n3CC(F)(F)F)s2)CC1. The van der Waals surface area contributed by atoms with E-state index in [1.54, 1.807) is 24.3 Å². The molecular formula is C26H31F4N7OS. The fraction of sp³-hybridized carbons (Fsp3) is 0.538. The predicted octanol–water partition coefficient (Wildman–Crippen LogP) is 4.43. The highest BCUT2D eigenvalue weighted by Crippen LogP contribution is 2.37. The van der Waals surface area contributed by atoms with Gasteiger partial charge in [0.05, 0.1) is 29.2 Å². The number of alkyl halides is 4. The summed E-state index contributed by atoms with van der Waals surface area (Å²) in [7, 11) is 3.86. The first-order valence-corrected chi connectivity index (χ1v) is 13.8. The van der Waals surface area contributed by atoms with Gasteiger partial charge in [0.25, 0.3) is 0 Å². The molecule has 2 aromatic heterocycles. The Morgan fingerprint density at radius 3 is 2.64 bits per heavy atom. The van der Waals surface area contributed by atoms with Crippen molar-refractivity contribution in [2.75, 3.05) is 40.3 Å². The summed E-state index contributed by atoms with van der Waals surface area (Å²) in [5, 5.41) is 12.5. The van der Waals surface area contributed by atoms with Crippen LogP contribution < -0.4 is 5.32 Å². The minimum Gasteiger partial charge on any atom is -0.349 e. The van der Waals surface area contributed by atoms with Crippen LogP contribution in [0.4, 0.5) is 23.2 Å². The van der Waals surface area contributed by atoms with Crippen LogP contribution in [0.25, 0.3) is 21.6 Å². The van der Waals surface area contributed by atoms with Crippen molar-refractivity contribution in [1.29, 1.82) is 0 Å². The maximum atomic E-state index is 14.6. The zero-order valence-electron chi connectivity index (χ0n) is 21.8. The molecular weight excluding hydrogens is 534 g/mol. The summed E-state index contributed by atoms with van der Waals surface area (Å²) in [6, 6.07) is 6.53. The third kappa shape index (κ3) is 6.47. The number of aromatic nitrogens is 3. The van der Waals surface area contributed by atoms with Crippen molar-refractivity contribution in [2.45, 2.75) is 44.7 Å². The van der Waals surface area contributed by atoms with Gasteiger partial charge >= 0.3 is 6.18 Å². The van der Waals surface area contributed by atoms with Gasteiger partial charge in [0.1, 0.15) is 11.6 Å². The number of aliphatic imine (C=N–C) groups is 1. The third-order valence-corrected chi connectivity index (χ3v) is 8.24. The Labute approximate surface area is 227 Å². The fourth-order valence-corrected chi connectivity index (χ4v) is 5.92. The van der Waals surface area contributed by atoms with Crippen LogP contribution in [-0.4, -0.2) is 88.8 Å². The van der Waals surface area contributed by atoms with E-state index in [2.05, 4.69) is 25.4 Å². The number of hydrogen-bond donors (Lipinski definition) is 1. The maximum absolute atomic E-state index is 14.6. The lowest BCUT2D eigenvalue weighted by molar-refractivity contribution is -0.139. The second-order valence-corrected chi connectivity index (χ2v) is 11.4. The largest absolute Gasteiger partial charge is 0.406 e. The number of nitrogens with one attached hydrogen (secondary N) is 1. The van der Waals surface area contributed by atoms with E-state index in [-0.39, 0.29) is 30.6 Å². The summed E-state index contributed by atoms with van der Waals surface area (Å²) in [5.41, 5.74) is 1.40. The van der Waals surface area contributed by atoms with Crippen LogP contribution in [0.15, 0.2) is 29.3 Å². The first-order chi connectivity index (χ1) is 18.6. The Morgan fingerprint density at radius 1 is 1.15 bits per heavy atom. The van der Waals surface area contributed by atoms with Gasteiger partial charge in [-0.2, -0.15) is 13.2 Å². The van der Waals surface area contributed by atoms with E-state index >= 15 is 0 Å². The topological polar surface area (TPSA) is 78.7 Å². The van der Waals surface area contributed by atoms with E-state index in [1.165, 1.54) is 0 Å². The van der Waals surface area contributed by atoms with Crippen LogP contribution in [0.2, 0.25) is 0 Å². The minimum absolute atomic E-state index is 0.0464. The molecule has 1 N–H and O–H groups in total. The van der Waals surface area contributed by atoms with Crippen molar-refractivity contribution in [3.63, 3.8) is 0 Å². The Balaban J connectivity index is 1.42.